The van der Waals surface area contributed by atoms with E-state index in [2.05, 4.69) is 5.32 Å². The van der Waals surface area contributed by atoms with Crippen LogP contribution in [0.25, 0.3) is 0 Å². The third-order valence-corrected chi connectivity index (χ3v) is 3.96. The maximum absolute atomic E-state index is 11.6. The summed E-state index contributed by atoms with van der Waals surface area (Å²) in [5, 5.41) is 2.79. The lowest BCUT2D eigenvalue weighted by molar-refractivity contribution is -0.115. The Labute approximate surface area is 115 Å². The molecule has 0 aromatic carbocycles. The van der Waals surface area contributed by atoms with Crippen molar-refractivity contribution in [2.45, 2.75) is 51.1 Å². The van der Waals surface area contributed by atoms with E-state index in [0.717, 1.165) is 12.8 Å². The number of hydrogen-bond donors (Lipinski definition) is 2. The van der Waals surface area contributed by atoms with Gasteiger partial charge in [0.25, 0.3) is 0 Å². The van der Waals surface area contributed by atoms with Crippen molar-refractivity contribution in [1.29, 1.82) is 0 Å². The molecule has 0 radical (unpaired) electrons. The molecule has 3 N–H and O–H groups in total. The molecule has 0 aromatic rings. The van der Waals surface area contributed by atoms with Gasteiger partial charge in [-0.2, -0.15) is 0 Å². The average molecular weight is 290 g/mol. The lowest BCUT2D eigenvalue weighted by atomic mass is 10.1. The number of primary amides is 1. The highest BCUT2D eigenvalue weighted by Crippen LogP contribution is 2.28. The summed E-state index contributed by atoms with van der Waals surface area (Å²) in [6, 6.07) is -0.0236. The van der Waals surface area contributed by atoms with E-state index in [-0.39, 0.29) is 17.8 Å². The van der Waals surface area contributed by atoms with Crippen molar-refractivity contribution in [3.05, 3.63) is 0 Å². The summed E-state index contributed by atoms with van der Waals surface area (Å²) in [6.07, 6.45) is 1.61. The van der Waals surface area contributed by atoms with Gasteiger partial charge in [-0.25, -0.2) is 4.79 Å². The van der Waals surface area contributed by atoms with Crippen molar-refractivity contribution < 1.29 is 19.1 Å². The molecule has 0 aliphatic carbocycles. The van der Waals surface area contributed by atoms with Crippen LogP contribution < -0.4 is 11.1 Å². The number of nitrogens with two attached hydrogens (primary N) is 1. The zero-order valence-corrected chi connectivity index (χ0v) is 12.7. The van der Waals surface area contributed by atoms with Crippen molar-refractivity contribution in [2.24, 2.45) is 5.73 Å². The fourth-order valence-electron chi connectivity index (χ4n) is 1.72. The molecule has 3 atom stereocenters. The van der Waals surface area contributed by atoms with Crippen molar-refractivity contribution in [2.75, 3.05) is 12.8 Å². The topological polar surface area (TPSA) is 90.6 Å². The molecule has 7 heteroatoms. The summed E-state index contributed by atoms with van der Waals surface area (Å²) < 4.78 is 10.8. The Hall–Kier alpha value is -0.870. The van der Waals surface area contributed by atoms with Gasteiger partial charge in [0, 0.05) is 6.16 Å². The Bertz CT molecular complexity index is 322. The third-order valence-electron chi connectivity index (χ3n) is 2.50. The van der Waals surface area contributed by atoms with Crippen LogP contribution >= 0.6 is 8.58 Å². The molecule has 1 unspecified atom stereocenters. The normalized spacial score (nSPS) is 24.4. The Kier molecular flexibility index (Phi) is 6.01. The summed E-state index contributed by atoms with van der Waals surface area (Å²) in [6.45, 7) is 5.93. The van der Waals surface area contributed by atoms with Gasteiger partial charge in [-0.1, -0.05) is 8.58 Å². The van der Waals surface area contributed by atoms with E-state index in [4.69, 9.17) is 15.2 Å². The van der Waals surface area contributed by atoms with Crippen LogP contribution in [0.3, 0.4) is 0 Å². The van der Waals surface area contributed by atoms with Gasteiger partial charge in [0.15, 0.2) is 0 Å². The monoisotopic (exact) mass is 290 g/mol. The highest BCUT2D eigenvalue weighted by atomic mass is 31.1. The zero-order valence-electron chi connectivity index (χ0n) is 11.7. The molecule has 1 rings (SSSR count). The van der Waals surface area contributed by atoms with E-state index in [9.17, 15) is 9.59 Å². The van der Waals surface area contributed by atoms with Crippen molar-refractivity contribution in [3.8, 4) is 0 Å². The summed E-state index contributed by atoms with van der Waals surface area (Å²) in [4.78, 5) is 22.3. The Morgan fingerprint density at radius 1 is 1.42 bits per heavy atom. The van der Waals surface area contributed by atoms with E-state index >= 15 is 0 Å². The summed E-state index contributed by atoms with van der Waals surface area (Å²) >= 11 is 0. The molecule has 19 heavy (non-hydrogen) atoms. The molecule has 0 spiro atoms. The van der Waals surface area contributed by atoms with E-state index in [0.29, 0.717) is 21.3 Å². The maximum atomic E-state index is 11.6. The molecule has 1 aliphatic heterocycles. The minimum atomic E-state index is -0.495. The summed E-state index contributed by atoms with van der Waals surface area (Å²) in [5.74, 6) is -0.208. The standard InChI is InChI=1S/C12H23N2O4P/c1-12(2,3)18-11(16)14-8-4-5-10(17-6-8)19-7-9(13)15/h8,10,19H,4-7H2,1-3H3,(H2,13,15)(H,14,16)/t8-,10-/m1/s1. The van der Waals surface area contributed by atoms with Crippen molar-refractivity contribution in [3.63, 3.8) is 0 Å². The molecule has 110 valence electrons. The summed E-state index contributed by atoms with van der Waals surface area (Å²) in [7, 11) is 0.398. The average Bonchev–Trinajstić information content (AvgIpc) is 2.25. The summed E-state index contributed by atoms with van der Waals surface area (Å²) in [5.41, 5.74) is 4.61. The predicted octanol–water partition coefficient (Wildman–Crippen LogP) is 1.18. The van der Waals surface area contributed by atoms with Crippen LogP contribution in [-0.2, 0) is 14.3 Å². The molecule has 0 bridgehead atoms. The second-order valence-corrected chi connectivity index (χ2v) is 7.00. The van der Waals surface area contributed by atoms with Gasteiger partial charge in [-0.3, -0.25) is 4.79 Å². The van der Waals surface area contributed by atoms with E-state index in [1.54, 1.807) is 0 Å². The molecule has 0 aromatic heterocycles. The van der Waals surface area contributed by atoms with Gasteiger partial charge in [0.1, 0.15) is 5.60 Å². The van der Waals surface area contributed by atoms with Crippen LogP contribution in [0.15, 0.2) is 0 Å². The Balaban J connectivity index is 2.23. The van der Waals surface area contributed by atoms with Crippen LogP contribution in [0.5, 0.6) is 0 Å². The molecule has 2 amide bonds. The minimum absolute atomic E-state index is 0.0236. The van der Waals surface area contributed by atoms with Gasteiger partial charge in [0.05, 0.1) is 18.5 Å². The fraction of sp³-hybridized carbons (Fsp3) is 0.833. The first-order valence-electron chi connectivity index (χ1n) is 6.39. The minimum Gasteiger partial charge on any atom is -0.444 e. The number of carbonyl (C=O) groups excluding carboxylic acids is 2. The van der Waals surface area contributed by atoms with Gasteiger partial charge < -0.3 is 20.5 Å². The Morgan fingerprint density at radius 2 is 2.11 bits per heavy atom. The van der Waals surface area contributed by atoms with Gasteiger partial charge in [0.2, 0.25) is 5.91 Å². The number of carbonyl (C=O) groups is 2. The van der Waals surface area contributed by atoms with Crippen LogP contribution in [0.2, 0.25) is 0 Å². The molecule has 1 aliphatic rings. The number of nitrogens with one attached hydrogen (secondary N) is 1. The molecular weight excluding hydrogens is 267 g/mol. The second-order valence-electron chi connectivity index (χ2n) is 5.59. The van der Waals surface area contributed by atoms with E-state index < -0.39 is 11.7 Å². The van der Waals surface area contributed by atoms with Gasteiger partial charge in [-0.05, 0) is 33.6 Å². The SMILES string of the molecule is CC(C)(C)OC(=O)N[C@@H]1CC[C@@H](PCC(N)=O)OC1. The smallest absolute Gasteiger partial charge is 0.407 e. The second kappa shape index (κ2) is 7.06. The van der Waals surface area contributed by atoms with Crippen molar-refractivity contribution in [1.82, 2.24) is 5.32 Å². The predicted molar refractivity (Wildman–Crippen MR) is 74.5 cm³/mol. The molecule has 1 saturated heterocycles. The molecular formula is C12H23N2O4P. The van der Waals surface area contributed by atoms with E-state index in [1.807, 2.05) is 20.8 Å². The highest BCUT2D eigenvalue weighted by molar-refractivity contribution is 7.39. The lowest BCUT2D eigenvalue weighted by Crippen LogP contribution is -2.44. The molecule has 6 nitrogen and oxygen atoms in total. The number of ether oxygens (including phenoxy) is 2. The van der Waals surface area contributed by atoms with Crippen molar-refractivity contribution >= 4 is 20.6 Å². The van der Waals surface area contributed by atoms with E-state index in [1.165, 1.54) is 0 Å². The molecule has 1 heterocycles. The Morgan fingerprint density at radius 3 is 2.58 bits per heavy atom. The first-order valence-corrected chi connectivity index (χ1v) is 7.67. The van der Waals surface area contributed by atoms with Crippen LogP contribution in [-0.4, -0.2) is 42.3 Å². The zero-order chi connectivity index (χ0) is 14.5. The number of rotatable bonds is 4. The van der Waals surface area contributed by atoms with Crippen LogP contribution in [0, 0.1) is 0 Å². The third kappa shape index (κ3) is 7.33. The highest BCUT2D eigenvalue weighted by Gasteiger charge is 2.25. The first kappa shape index (κ1) is 16.2. The van der Waals surface area contributed by atoms with Gasteiger partial charge >= 0.3 is 6.09 Å². The number of hydrogen-bond acceptors (Lipinski definition) is 4. The lowest BCUT2D eigenvalue weighted by Gasteiger charge is -2.30. The number of amides is 2. The van der Waals surface area contributed by atoms with Crippen LogP contribution in [0.4, 0.5) is 4.79 Å². The van der Waals surface area contributed by atoms with Crippen LogP contribution in [0.1, 0.15) is 33.6 Å². The molecule has 0 saturated carbocycles. The fourth-order valence-corrected chi connectivity index (χ4v) is 2.73. The largest absolute Gasteiger partial charge is 0.444 e. The first-order chi connectivity index (χ1) is 8.76. The molecule has 1 fully saturated rings. The maximum Gasteiger partial charge on any atom is 0.407 e. The quantitative estimate of drug-likeness (QED) is 0.761. The number of alkyl carbamates (subject to hydrolysis) is 1. The van der Waals surface area contributed by atoms with Gasteiger partial charge in [-0.15, -0.1) is 0 Å².